The molecular weight excluding hydrogens is 396 g/mol. The SMILES string of the molecule is COc1cc2ccc3c4cc5c(cc4c(=O)n(CCN(C)C)c3c2cc1OC)OCO5. The number of rotatable bonds is 5. The number of aromatic nitrogens is 1. The van der Waals surface area contributed by atoms with Crippen molar-refractivity contribution in [3.05, 3.63) is 46.8 Å². The van der Waals surface area contributed by atoms with Crippen LogP contribution in [0.25, 0.3) is 32.4 Å². The van der Waals surface area contributed by atoms with Crippen molar-refractivity contribution in [2.45, 2.75) is 6.54 Å². The molecule has 7 nitrogen and oxygen atoms in total. The highest BCUT2D eigenvalue weighted by Crippen LogP contribution is 2.40. The fourth-order valence-corrected chi connectivity index (χ4v) is 4.24. The fraction of sp³-hybridized carbons (Fsp3) is 0.292. The van der Waals surface area contributed by atoms with Gasteiger partial charge in [-0.2, -0.15) is 0 Å². The molecule has 0 N–H and O–H groups in total. The van der Waals surface area contributed by atoms with Gasteiger partial charge in [-0.25, -0.2) is 0 Å². The summed E-state index contributed by atoms with van der Waals surface area (Å²) in [5.74, 6) is 2.54. The number of benzene rings is 3. The third-order valence-electron chi connectivity index (χ3n) is 5.81. The predicted octanol–water partition coefficient (Wildman–Crippen LogP) is 3.62. The molecule has 0 amide bonds. The first-order valence-corrected chi connectivity index (χ1v) is 10.1. The van der Waals surface area contributed by atoms with Crippen molar-refractivity contribution in [3.8, 4) is 23.0 Å². The zero-order valence-corrected chi connectivity index (χ0v) is 18.0. The van der Waals surface area contributed by atoms with E-state index in [1.54, 1.807) is 20.3 Å². The number of nitrogens with zero attached hydrogens (tertiary/aromatic N) is 2. The van der Waals surface area contributed by atoms with Crippen LogP contribution >= 0.6 is 0 Å². The summed E-state index contributed by atoms with van der Waals surface area (Å²) < 4.78 is 24.0. The lowest BCUT2D eigenvalue weighted by Crippen LogP contribution is -2.27. The third-order valence-corrected chi connectivity index (χ3v) is 5.81. The van der Waals surface area contributed by atoms with E-state index in [1.165, 1.54) is 0 Å². The second-order valence-electron chi connectivity index (χ2n) is 7.90. The third kappa shape index (κ3) is 3.04. The van der Waals surface area contributed by atoms with E-state index in [0.29, 0.717) is 34.9 Å². The highest BCUT2D eigenvalue weighted by molar-refractivity contribution is 6.16. The van der Waals surface area contributed by atoms with E-state index in [2.05, 4.69) is 11.0 Å². The fourth-order valence-electron chi connectivity index (χ4n) is 4.24. The Kier molecular flexibility index (Phi) is 4.63. The summed E-state index contributed by atoms with van der Waals surface area (Å²) in [5, 5.41) is 4.36. The highest BCUT2D eigenvalue weighted by Gasteiger charge is 2.21. The molecule has 160 valence electrons. The van der Waals surface area contributed by atoms with Crippen LogP contribution in [0.5, 0.6) is 23.0 Å². The van der Waals surface area contributed by atoms with Gasteiger partial charge in [-0.15, -0.1) is 0 Å². The summed E-state index contributed by atoms with van der Waals surface area (Å²) in [4.78, 5) is 15.7. The molecule has 0 radical (unpaired) electrons. The van der Waals surface area contributed by atoms with Crippen LogP contribution in [0.15, 0.2) is 41.2 Å². The van der Waals surface area contributed by atoms with Gasteiger partial charge in [-0.3, -0.25) is 4.79 Å². The zero-order valence-electron chi connectivity index (χ0n) is 18.0. The smallest absolute Gasteiger partial charge is 0.259 e. The van der Waals surface area contributed by atoms with E-state index in [9.17, 15) is 4.79 Å². The van der Waals surface area contributed by atoms with Gasteiger partial charge in [0.2, 0.25) is 6.79 Å². The molecule has 7 heteroatoms. The van der Waals surface area contributed by atoms with Crippen molar-refractivity contribution >= 4 is 32.4 Å². The molecule has 5 rings (SSSR count). The molecule has 2 heterocycles. The van der Waals surface area contributed by atoms with Crippen LogP contribution in [-0.4, -0.2) is 51.1 Å². The monoisotopic (exact) mass is 420 g/mol. The van der Waals surface area contributed by atoms with Crippen LogP contribution < -0.4 is 24.5 Å². The Morgan fingerprint density at radius 3 is 2.26 bits per heavy atom. The first-order valence-electron chi connectivity index (χ1n) is 10.1. The van der Waals surface area contributed by atoms with Gasteiger partial charge in [0, 0.05) is 29.2 Å². The molecule has 0 unspecified atom stereocenters. The van der Waals surface area contributed by atoms with Crippen LogP contribution in [0.2, 0.25) is 0 Å². The summed E-state index contributed by atoms with van der Waals surface area (Å²) in [7, 11) is 7.23. The van der Waals surface area contributed by atoms with Crippen LogP contribution in [0.3, 0.4) is 0 Å². The minimum absolute atomic E-state index is 0.0510. The van der Waals surface area contributed by atoms with Crippen molar-refractivity contribution in [2.75, 3.05) is 41.7 Å². The van der Waals surface area contributed by atoms with E-state index in [0.717, 1.165) is 33.6 Å². The number of ether oxygens (including phenoxy) is 4. The normalized spacial score (nSPS) is 12.9. The quantitative estimate of drug-likeness (QED) is 0.460. The van der Waals surface area contributed by atoms with Crippen molar-refractivity contribution < 1.29 is 18.9 Å². The highest BCUT2D eigenvalue weighted by atomic mass is 16.7. The summed E-state index contributed by atoms with van der Waals surface area (Å²) in [6.07, 6.45) is 0. The van der Waals surface area contributed by atoms with E-state index in [4.69, 9.17) is 18.9 Å². The molecule has 0 aliphatic carbocycles. The minimum atomic E-state index is -0.0510. The maximum atomic E-state index is 13.7. The minimum Gasteiger partial charge on any atom is -0.493 e. The Bertz CT molecular complexity index is 1390. The molecule has 0 saturated carbocycles. The Morgan fingerprint density at radius 2 is 1.58 bits per heavy atom. The first-order chi connectivity index (χ1) is 15.0. The molecule has 0 fully saturated rings. The maximum Gasteiger partial charge on any atom is 0.259 e. The van der Waals surface area contributed by atoms with Gasteiger partial charge in [-0.05, 0) is 43.7 Å². The summed E-state index contributed by atoms with van der Waals surface area (Å²) in [6, 6.07) is 11.7. The summed E-state index contributed by atoms with van der Waals surface area (Å²) >= 11 is 0. The van der Waals surface area contributed by atoms with Gasteiger partial charge in [0.15, 0.2) is 23.0 Å². The van der Waals surface area contributed by atoms with Crippen LogP contribution in [0.4, 0.5) is 0 Å². The van der Waals surface area contributed by atoms with E-state index >= 15 is 0 Å². The number of methoxy groups -OCH3 is 2. The molecular formula is C24H24N2O5. The van der Waals surface area contributed by atoms with Crippen LogP contribution in [0.1, 0.15) is 0 Å². The molecule has 1 aliphatic rings. The van der Waals surface area contributed by atoms with Gasteiger partial charge in [0.1, 0.15) is 0 Å². The van der Waals surface area contributed by atoms with E-state index < -0.39 is 0 Å². The molecule has 4 aromatic rings. The number of pyridine rings is 1. The average molecular weight is 420 g/mol. The topological polar surface area (TPSA) is 62.2 Å². The van der Waals surface area contributed by atoms with Crippen molar-refractivity contribution in [3.63, 3.8) is 0 Å². The number of hydrogen-bond donors (Lipinski definition) is 0. The maximum absolute atomic E-state index is 13.7. The Hall–Kier alpha value is -3.45. The zero-order chi connectivity index (χ0) is 21.7. The standard InChI is InChI=1S/C24H24N2O5/c1-25(2)7-8-26-23-15(6-5-14-9-19(28-3)20(29-4)10-16(14)23)17-11-21-22(31-13-30-21)12-18(17)24(26)27/h5-6,9-12H,7-8,13H2,1-4H3. The van der Waals surface area contributed by atoms with Gasteiger partial charge in [0.25, 0.3) is 5.56 Å². The Labute approximate surface area is 179 Å². The van der Waals surface area contributed by atoms with Crippen LogP contribution in [0, 0.1) is 0 Å². The molecule has 0 atom stereocenters. The van der Waals surface area contributed by atoms with E-state index in [1.807, 2.05) is 42.9 Å². The molecule has 1 aromatic heterocycles. The molecule has 31 heavy (non-hydrogen) atoms. The van der Waals surface area contributed by atoms with Crippen molar-refractivity contribution in [2.24, 2.45) is 0 Å². The summed E-state index contributed by atoms with van der Waals surface area (Å²) in [5.41, 5.74) is 0.821. The lowest BCUT2D eigenvalue weighted by Gasteiger charge is -2.18. The number of fused-ring (bicyclic) bond motifs is 6. The Balaban J connectivity index is 1.94. The molecule has 0 spiro atoms. The second kappa shape index (κ2) is 7.35. The second-order valence-corrected chi connectivity index (χ2v) is 7.90. The molecule has 0 bridgehead atoms. The lowest BCUT2D eigenvalue weighted by atomic mass is 10.00. The Morgan fingerprint density at radius 1 is 0.903 bits per heavy atom. The van der Waals surface area contributed by atoms with Gasteiger partial charge in [-0.1, -0.05) is 12.1 Å². The van der Waals surface area contributed by atoms with Crippen molar-refractivity contribution in [1.29, 1.82) is 0 Å². The van der Waals surface area contributed by atoms with Gasteiger partial charge in [0.05, 0.1) is 25.1 Å². The van der Waals surface area contributed by atoms with E-state index in [-0.39, 0.29) is 12.4 Å². The number of hydrogen-bond acceptors (Lipinski definition) is 6. The van der Waals surface area contributed by atoms with Crippen molar-refractivity contribution in [1.82, 2.24) is 9.47 Å². The largest absolute Gasteiger partial charge is 0.493 e. The molecule has 0 saturated heterocycles. The summed E-state index contributed by atoms with van der Waals surface area (Å²) in [6.45, 7) is 1.45. The lowest BCUT2D eigenvalue weighted by molar-refractivity contribution is 0.174. The number of likely N-dealkylation sites (N-methyl/N-ethyl adjacent to an activating group) is 1. The molecule has 3 aromatic carbocycles. The predicted molar refractivity (Wildman–Crippen MR) is 121 cm³/mol. The first kappa shape index (κ1) is 19.5. The van der Waals surface area contributed by atoms with Gasteiger partial charge < -0.3 is 28.4 Å². The van der Waals surface area contributed by atoms with Crippen LogP contribution in [-0.2, 0) is 6.54 Å². The van der Waals surface area contributed by atoms with Gasteiger partial charge >= 0.3 is 0 Å². The molecule has 1 aliphatic heterocycles. The average Bonchev–Trinajstić information content (AvgIpc) is 3.24.